The van der Waals surface area contributed by atoms with E-state index in [4.69, 9.17) is 4.74 Å². The standard InChI is InChI=1S/C9H15NO2/c1-2-3-7-12-9(11)8-5-4-6-10-8/h4,6,8,10H,2-3,5,7H2,1H3. The number of nitrogens with one attached hydrogen (secondary N) is 1. The van der Waals surface area contributed by atoms with Crippen molar-refractivity contribution in [1.29, 1.82) is 0 Å². The van der Waals surface area contributed by atoms with Gasteiger partial charge >= 0.3 is 5.97 Å². The summed E-state index contributed by atoms with van der Waals surface area (Å²) in [7, 11) is 0. The van der Waals surface area contributed by atoms with Crippen LogP contribution in [0.2, 0.25) is 0 Å². The van der Waals surface area contributed by atoms with Crippen LogP contribution in [0, 0.1) is 0 Å². The lowest BCUT2D eigenvalue weighted by Crippen LogP contribution is -2.31. The van der Waals surface area contributed by atoms with Gasteiger partial charge in [0, 0.05) is 0 Å². The molecule has 0 aromatic heterocycles. The van der Waals surface area contributed by atoms with Crippen LogP contribution in [-0.2, 0) is 9.53 Å². The van der Waals surface area contributed by atoms with Crippen molar-refractivity contribution < 1.29 is 9.53 Å². The lowest BCUT2D eigenvalue weighted by molar-refractivity contribution is -0.145. The Hall–Kier alpha value is -0.990. The molecule has 12 heavy (non-hydrogen) atoms. The van der Waals surface area contributed by atoms with Gasteiger partial charge in [-0.1, -0.05) is 19.4 Å². The zero-order valence-corrected chi connectivity index (χ0v) is 7.38. The number of rotatable bonds is 4. The van der Waals surface area contributed by atoms with E-state index in [9.17, 15) is 4.79 Å². The normalized spacial score (nSPS) is 20.6. The third kappa shape index (κ3) is 2.57. The van der Waals surface area contributed by atoms with Gasteiger partial charge in [-0.15, -0.1) is 0 Å². The molecule has 0 saturated heterocycles. The van der Waals surface area contributed by atoms with Crippen molar-refractivity contribution in [2.45, 2.75) is 32.2 Å². The SMILES string of the molecule is CCCCOC(=O)C1CC=CN1. The fourth-order valence-electron chi connectivity index (χ4n) is 1.04. The lowest BCUT2D eigenvalue weighted by atomic mass is 10.2. The summed E-state index contributed by atoms with van der Waals surface area (Å²) in [5.74, 6) is -0.131. The van der Waals surface area contributed by atoms with Crippen molar-refractivity contribution in [2.75, 3.05) is 6.61 Å². The molecular formula is C9H15NO2. The molecule has 0 aromatic rings. The summed E-state index contributed by atoms with van der Waals surface area (Å²) < 4.78 is 5.02. The lowest BCUT2D eigenvalue weighted by Gasteiger charge is -2.09. The molecule has 1 rings (SSSR count). The van der Waals surface area contributed by atoms with Gasteiger partial charge in [0.2, 0.25) is 0 Å². The van der Waals surface area contributed by atoms with Crippen molar-refractivity contribution >= 4 is 5.97 Å². The van der Waals surface area contributed by atoms with Gasteiger partial charge in [0.05, 0.1) is 6.61 Å². The average Bonchev–Trinajstić information content (AvgIpc) is 2.56. The van der Waals surface area contributed by atoms with E-state index in [0.717, 1.165) is 19.3 Å². The maximum Gasteiger partial charge on any atom is 0.328 e. The van der Waals surface area contributed by atoms with Crippen molar-refractivity contribution in [2.24, 2.45) is 0 Å². The minimum Gasteiger partial charge on any atom is -0.464 e. The summed E-state index contributed by atoms with van der Waals surface area (Å²) >= 11 is 0. The second-order valence-electron chi connectivity index (χ2n) is 2.88. The maximum atomic E-state index is 11.2. The van der Waals surface area contributed by atoms with Gasteiger partial charge in [-0.05, 0) is 19.0 Å². The fraction of sp³-hybridized carbons (Fsp3) is 0.667. The van der Waals surface area contributed by atoms with E-state index >= 15 is 0 Å². The molecule has 0 saturated carbocycles. The third-order valence-electron chi connectivity index (χ3n) is 1.81. The Morgan fingerprint density at radius 1 is 1.75 bits per heavy atom. The van der Waals surface area contributed by atoms with Gasteiger partial charge in [0.25, 0.3) is 0 Å². The first kappa shape index (κ1) is 9.10. The topological polar surface area (TPSA) is 38.3 Å². The number of hydrogen-bond acceptors (Lipinski definition) is 3. The molecule has 0 amide bonds. The van der Waals surface area contributed by atoms with E-state index < -0.39 is 0 Å². The maximum absolute atomic E-state index is 11.2. The van der Waals surface area contributed by atoms with Gasteiger partial charge in [-0.2, -0.15) is 0 Å². The smallest absolute Gasteiger partial charge is 0.328 e. The Morgan fingerprint density at radius 3 is 3.17 bits per heavy atom. The molecule has 3 nitrogen and oxygen atoms in total. The highest BCUT2D eigenvalue weighted by molar-refractivity contribution is 5.76. The van der Waals surface area contributed by atoms with Crippen molar-refractivity contribution in [3.63, 3.8) is 0 Å². The van der Waals surface area contributed by atoms with Crippen molar-refractivity contribution in [3.05, 3.63) is 12.3 Å². The Kier molecular flexibility index (Phi) is 3.64. The van der Waals surface area contributed by atoms with E-state index in [2.05, 4.69) is 12.2 Å². The second kappa shape index (κ2) is 4.80. The zero-order valence-electron chi connectivity index (χ0n) is 7.38. The number of carbonyl (C=O) groups excluding carboxylic acids is 1. The molecule has 1 aliphatic rings. The highest BCUT2D eigenvalue weighted by Gasteiger charge is 2.19. The molecule has 1 atom stereocenters. The molecule has 0 aromatic carbocycles. The minimum absolute atomic E-state index is 0.131. The molecule has 68 valence electrons. The van der Waals surface area contributed by atoms with Crippen LogP contribution in [0.15, 0.2) is 12.3 Å². The number of ether oxygens (including phenoxy) is 1. The number of hydrogen-bond donors (Lipinski definition) is 1. The summed E-state index contributed by atoms with van der Waals surface area (Å²) in [6, 6.07) is -0.137. The van der Waals surface area contributed by atoms with Gasteiger partial charge in [-0.25, -0.2) is 4.79 Å². The Balaban J connectivity index is 2.11. The van der Waals surface area contributed by atoms with E-state index in [0.29, 0.717) is 6.61 Å². The molecule has 1 aliphatic heterocycles. The minimum atomic E-state index is -0.137. The molecule has 0 fully saturated rings. The van der Waals surface area contributed by atoms with E-state index in [-0.39, 0.29) is 12.0 Å². The van der Waals surface area contributed by atoms with Crippen LogP contribution in [-0.4, -0.2) is 18.6 Å². The molecular weight excluding hydrogens is 154 g/mol. The molecule has 0 spiro atoms. The number of unbranched alkanes of at least 4 members (excludes halogenated alkanes) is 1. The van der Waals surface area contributed by atoms with Crippen LogP contribution in [0.1, 0.15) is 26.2 Å². The summed E-state index contributed by atoms with van der Waals surface area (Å²) in [5, 5.41) is 2.93. The monoisotopic (exact) mass is 169 g/mol. The molecule has 3 heteroatoms. The fourth-order valence-corrected chi connectivity index (χ4v) is 1.04. The van der Waals surface area contributed by atoms with Crippen molar-refractivity contribution in [3.8, 4) is 0 Å². The highest BCUT2D eigenvalue weighted by atomic mass is 16.5. The molecule has 0 radical (unpaired) electrons. The van der Waals surface area contributed by atoms with Crippen LogP contribution in [0.3, 0.4) is 0 Å². The molecule has 1 N–H and O–H groups in total. The predicted octanol–water partition coefficient (Wildman–Crippen LogP) is 1.21. The van der Waals surface area contributed by atoms with E-state index in [1.165, 1.54) is 0 Å². The summed E-state index contributed by atoms with van der Waals surface area (Å²) in [6.45, 7) is 2.62. The largest absolute Gasteiger partial charge is 0.464 e. The van der Waals surface area contributed by atoms with Crippen LogP contribution in [0.25, 0.3) is 0 Å². The molecule has 0 bridgehead atoms. The number of esters is 1. The zero-order chi connectivity index (χ0) is 8.81. The quantitative estimate of drug-likeness (QED) is 0.507. The van der Waals surface area contributed by atoms with E-state index in [1.54, 1.807) is 6.20 Å². The summed E-state index contributed by atoms with van der Waals surface area (Å²) in [4.78, 5) is 11.2. The Labute approximate surface area is 72.8 Å². The van der Waals surface area contributed by atoms with Crippen LogP contribution >= 0.6 is 0 Å². The van der Waals surface area contributed by atoms with Crippen LogP contribution in [0.4, 0.5) is 0 Å². The first-order valence-electron chi connectivity index (χ1n) is 4.42. The third-order valence-corrected chi connectivity index (χ3v) is 1.81. The van der Waals surface area contributed by atoms with Crippen molar-refractivity contribution in [1.82, 2.24) is 5.32 Å². The first-order valence-corrected chi connectivity index (χ1v) is 4.42. The Bertz CT molecular complexity index is 169. The second-order valence-corrected chi connectivity index (χ2v) is 2.88. The average molecular weight is 169 g/mol. The van der Waals surface area contributed by atoms with Gasteiger partial charge in [0.1, 0.15) is 6.04 Å². The van der Waals surface area contributed by atoms with Crippen LogP contribution < -0.4 is 5.32 Å². The summed E-state index contributed by atoms with van der Waals surface area (Å²) in [5.41, 5.74) is 0. The van der Waals surface area contributed by atoms with Crippen LogP contribution in [0.5, 0.6) is 0 Å². The molecule has 1 heterocycles. The van der Waals surface area contributed by atoms with E-state index in [1.807, 2.05) is 6.08 Å². The Morgan fingerprint density at radius 2 is 2.58 bits per heavy atom. The molecule has 1 unspecified atom stereocenters. The number of carbonyl (C=O) groups is 1. The van der Waals surface area contributed by atoms with Gasteiger partial charge in [0.15, 0.2) is 0 Å². The predicted molar refractivity (Wildman–Crippen MR) is 46.5 cm³/mol. The summed E-state index contributed by atoms with van der Waals surface area (Å²) in [6.07, 6.45) is 6.50. The molecule has 0 aliphatic carbocycles. The van der Waals surface area contributed by atoms with Gasteiger partial charge < -0.3 is 10.1 Å². The first-order chi connectivity index (χ1) is 5.84. The van der Waals surface area contributed by atoms with Gasteiger partial charge in [-0.3, -0.25) is 0 Å². The highest BCUT2D eigenvalue weighted by Crippen LogP contribution is 2.03.